The molecule has 0 fully saturated rings. The van der Waals surface area contributed by atoms with Gasteiger partial charge in [0.05, 0.1) is 13.4 Å². The van der Waals surface area contributed by atoms with E-state index in [0.29, 0.717) is 5.75 Å². The van der Waals surface area contributed by atoms with Crippen molar-refractivity contribution in [3.8, 4) is 16.9 Å². The van der Waals surface area contributed by atoms with E-state index in [2.05, 4.69) is 35.6 Å². The van der Waals surface area contributed by atoms with Crippen LogP contribution in [0.1, 0.15) is 18.1 Å². The van der Waals surface area contributed by atoms with E-state index in [4.69, 9.17) is 9.15 Å². The molecule has 0 aliphatic heterocycles. The van der Waals surface area contributed by atoms with Gasteiger partial charge in [0.2, 0.25) is 5.91 Å². The lowest BCUT2D eigenvalue weighted by Gasteiger charge is -2.11. The first kappa shape index (κ1) is 21.5. The van der Waals surface area contributed by atoms with Crippen molar-refractivity contribution in [3.05, 3.63) is 102 Å². The number of para-hydroxylation sites is 1. The molecule has 4 heteroatoms. The summed E-state index contributed by atoms with van der Waals surface area (Å²) < 4.78 is 11.6. The van der Waals surface area contributed by atoms with Crippen molar-refractivity contribution in [3.63, 3.8) is 0 Å². The van der Waals surface area contributed by atoms with Crippen LogP contribution < -0.4 is 10.1 Å². The molecule has 34 heavy (non-hydrogen) atoms. The molecule has 0 saturated carbocycles. The maximum Gasteiger partial charge on any atom is 0.248 e. The highest BCUT2D eigenvalue weighted by atomic mass is 16.5. The van der Waals surface area contributed by atoms with Crippen LogP contribution >= 0.6 is 0 Å². The zero-order valence-corrected chi connectivity index (χ0v) is 19.4. The maximum absolute atomic E-state index is 12.7. The van der Waals surface area contributed by atoms with E-state index >= 15 is 0 Å². The van der Waals surface area contributed by atoms with E-state index in [1.807, 2.05) is 62.4 Å². The highest BCUT2D eigenvalue weighted by molar-refractivity contribution is 6.07. The van der Waals surface area contributed by atoms with Crippen LogP contribution in [0.2, 0.25) is 0 Å². The maximum atomic E-state index is 12.7. The fourth-order valence-corrected chi connectivity index (χ4v) is 4.36. The Labute approximate surface area is 198 Å². The summed E-state index contributed by atoms with van der Waals surface area (Å²) in [5.74, 6) is 0.471. The molecule has 1 N–H and O–H groups in total. The van der Waals surface area contributed by atoms with Gasteiger partial charge in [0.1, 0.15) is 11.3 Å². The van der Waals surface area contributed by atoms with Gasteiger partial charge >= 0.3 is 0 Å². The van der Waals surface area contributed by atoms with Crippen molar-refractivity contribution in [2.75, 3.05) is 12.4 Å². The number of allylic oxidation sites excluding steroid dienone is 1. The van der Waals surface area contributed by atoms with Crippen LogP contribution in [0.25, 0.3) is 38.4 Å². The summed E-state index contributed by atoms with van der Waals surface area (Å²) in [6.45, 7) is 3.88. The molecular weight excluding hydrogens is 422 g/mol. The number of hydrogen-bond acceptors (Lipinski definition) is 3. The molecule has 1 aromatic heterocycles. The minimum Gasteiger partial charge on any atom is -0.496 e. The van der Waals surface area contributed by atoms with Gasteiger partial charge in [-0.15, -0.1) is 0 Å². The Kier molecular flexibility index (Phi) is 5.64. The molecule has 0 unspecified atom stereocenters. The Balaban J connectivity index is 1.58. The topological polar surface area (TPSA) is 51.5 Å². The number of amides is 1. The number of hydrogen-bond donors (Lipinski definition) is 1. The molecule has 0 spiro atoms. The van der Waals surface area contributed by atoms with Crippen molar-refractivity contribution < 1.29 is 13.9 Å². The summed E-state index contributed by atoms with van der Waals surface area (Å²) in [6.07, 6.45) is 3.40. The number of methoxy groups -OCH3 is 1. The molecule has 168 valence electrons. The zero-order chi connectivity index (χ0) is 23.7. The smallest absolute Gasteiger partial charge is 0.248 e. The van der Waals surface area contributed by atoms with Gasteiger partial charge in [0.25, 0.3) is 0 Å². The van der Waals surface area contributed by atoms with E-state index in [0.717, 1.165) is 49.9 Å². The first-order valence-electron chi connectivity index (χ1n) is 11.2. The Morgan fingerprint density at radius 3 is 2.50 bits per heavy atom. The summed E-state index contributed by atoms with van der Waals surface area (Å²) in [4.78, 5) is 12.7. The third kappa shape index (κ3) is 3.95. The van der Waals surface area contributed by atoms with E-state index in [1.54, 1.807) is 19.4 Å². The van der Waals surface area contributed by atoms with E-state index in [9.17, 15) is 4.79 Å². The molecular formula is C30H25NO3. The Hall–Kier alpha value is -4.31. The monoisotopic (exact) mass is 447 g/mol. The third-order valence-corrected chi connectivity index (χ3v) is 6.15. The molecule has 0 aliphatic rings. The molecule has 1 heterocycles. The normalized spacial score (nSPS) is 11.7. The summed E-state index contributed by atoms with van der Waals surface area (Å²) in [5.41, 5.74) is 6.30. The van der Waals surface area contributed by atoms with Gasteiger partial charge in [-0.1, -0.05) is 60.7 Å². The largest absolute Gasteiger partial charge is 0.496 e. The highest BCUT2D eigenvalue weighted by Crippen LogP contribution is 2.39. The summed E-state index contributed by atoms with van der Waals surface area (Å²) >= 11 is 0. The van der Waals surface area contributed by atoms with Gasteiger partial charge in [-0.2, -0.15) is 0 Å². The minimum atomic E-state index is -0.185. The van der Waals surface area contributed by atoms with Crippen LogP contribution in [-0.2, 0) is 4.79 Å². The van der Waals surface area contributed by atoms with E-state index in [-0.39, 0.29) is 5.91 Å². The summed E-state index contributed by atoms with van der Waals surface area (Å²) in [5, 5.41) is 6.27. The van der Waals surface area contributed by atoms with Gasteiger partial charge in [0.15, 0.2) is 0 Å². The standard InChI is InChI=1S/C30H25NO3/c1-19-9-4-7-14-27(19)31-30(32)15-20(2)24-16-25-26(18-34-29(25)17-28(24)33-3)23-13-8-11-21-10-5-6-12-22(21)23/h4-18H,1-3H3,(H,31,32)/b20-15+. The number of aryl methyl sites for hydroxylation is 1. The minimum absolute atomic E-state index is 0.185. The molecule has 4 aromatic carbocycles. The fourth-order valence-electron chi connectivity index (χ4n) is 4.36. The quantitative estimate of drug-likeness (QED) is 0.282. The number of furan rings is 1. The first-order valence-corrected chi connectivity index (χ1v) is 11.2. The molecule has 0 bridgehead atoms. The summed E-state index contributed by atoms with van der Waals surface area (Å²) in [7, 11) is 1.62. The van der Waals surface area contributed by atoms with Crippen LogP contribution in [0.3, 0.4) is 0 Å². The first-order chi connectivity index (χ1) is 16.5. The predicted molar refractivity (Wildman–Crippen MR) is 139 cm³/mol. The SMILES string of the molecule is COc1cc2occ(-c3cccc4ccccc34)c2cc1/C(C)=C/C(=O)Nc1ccccc1C. The zero-order valence-electron chi connectivity index (χ0n) is 19.4. The number of fused-ring (bicyclic) bond motifs is 2. The second-order valence-electron chi connectivity index (χ2n) is 8.36. The average Bonchev–Trinajstić information content (AvgIpc) is 3.27. The lowest BCUT2D eigenvalue weighted by molar-refractivity contribution is -0.111. The van der Waals surface area contributed by atoms with Gasteiger partial charge in [-0.3, -0.25) is 4.79 Å². The van der Waals surface area contributed by atoms with Crippen LogP contribution in [-0.4, -0.2) is 13.0 Å². The van der Waals surface area contributed by atoms with Crippen molar-refractivity contribution in [1.29, 1.82) is 0 Å². The molecule has 4 nitrogen and oxygen atoms in total. The molecule has 0 aliphatic carbocycles. The van der Waals surface area contributed by atoms with Gasteiger partial charge in [-0.25, -0.2) is 0 Å². The lowest BCUT2D eigenvalue weighted by Crippen LogP contribution is -2.09. The third-order valence-electron chi connectivity index (χ3n) is 6.15. The number of anilines is 1. The van der Waals surface area contributed by atoms with Crippen molar-refractivity contribution >= 4 is 38.9 Å². The lowest BCUT2D eigenvalue weighted by atomic mass is 9.96. The van der Waals surface area contributed by atoms with Crippen LogP contribution in [0.4, 0.5) is 5.69 Å². The van der Waals surface area contributed by atoms with Gasteiger partial charge < -0.3 is 14.5 Å². The van der Waals surface area contributed by atoms with Crippen LogP contribution in [0, 0.1) is 6.92 Å². The van der Waals surface area contributed by atoms with Gasteiger partial charge in [0, 0.05) is 34.3 Å². The average molecular weight is 448 g/mol. The van der Waals surface area contributed by atoms with E-state index < -0.39 is 0 Å². The fraction of sp³-hybridized carbons (Fsp3) is 0.100. The molecule has 5 aromatic rings. The number of ether oxygens (including phenoxy) is 1. The van der Waals surface area contributed by atoms with Crippen molar-refractivity contribution in [2.24, 2.45) is 0 Å². The van der Waals surface area contributed by atoms with Crippen molar-refractivity contribution in [2.45, 2.75) is 13.8 Å². The number of carbonyl (C=O) groups excluding carboxylic acids is 1. The number of nitrogens with one attached hydrogen (secondary N) is 1. The highest BCUT2D eigenvalue weighted by Gasteiger charge is 2.16. The second kappa shape index (κ2) is 8.91. The van der Waals surface area contributed by atoms with Crippen LogP contribution in [0.15, 0.2) is 95.6 Å². The van der Waals surface area contributed by atoms with Gasteiger partial charge in [-0.05, 0) is 53.5 Å². The molecule has 0 atom stereocenters. The van der Waals surface area contributed by atoms with E-state index in [1.165, 1.54) is 5.39 Å². The number of carbonyl (C=O) groups is 1. The number of benzene rings is 4. The summed E-state index contributed by atoms with van der Waals surface area (Å²) in [6, 6.07) is 26.2. The molecule has 1 amide bonds. The molecule has 0 radical (unpaired) electrons. The Morgan fingerprint density at radius 2 is 1.68 bits per heavy atom. The Bertz CT molecular complexity index is 1550. The molecule has 0 saturated heterocycles. The molecule has 5 rings (SSSR count). The predicted octanol–water partition coefficient (Wildman–Crippen LogP) is 7.61. The van der Waals surface area contributed by atoms with Crippen molar-refractivity contribution in [1.82, 2.24) is 0 Å². The second-order valence-corrected chi connectivity index (χ2v) is 8.36. The van der Waals surface area contributed by atoms with Crippen LogP contribution in [0.5, 0.6) is 5.75 Å². The Morgan fingerprint density at radius 1 is 0.912 bits per heavy atom. The number of rotatable bonds is 5.